The first kappa shape index (κ1) is 24.9. The molecule has 0 saturated carbocycles. The van der Waals surface area contributed by atoms with Crippen LogP contribution in [0.3, 0.4) is 0 Å². The molecule has 0 radical (unpaired) electrons. The van der Waals surface area contributed by atoms with E-state index in [1.54, 1.807) is 35.2 Å². The number of aliphatic hydroxyl groups excluding tert-OH is 1. The van der Waals surface area contributed by atoms with Gasteiger partial charge in [0.05, 0.1) is 30.5 Å². The zero-order valence-corrected chi connectivity index (χ0v) is 21.1. The van der Waals surface area contributed by atoms with Gasteiger partial charge in [-0.05, 0) is 35.4 Å². The van der Waals surface area contributed by atoms with Crippen molar-refractivity contribution in [2.24, 2.45) is 7.05 Å². The lowest BCUT2D eigenvalue weighted by Gasteiger charge is -2.36. The Balaban J connectivity index is 1.47. The number of aromatic nitrogens is 4. The summed E-state index contributed by atoms with van der Waals surface area (Å²) in [5.74, 6) is 0.737. The van der Waals surface area contributed by atoms with Crippen LogP contribution < -0.4 is 5.32 Å². The van der Waals surface area contributed by atoms with Crippen molar-refractivity contribution in [2.75, 3.05) is 19.0 Å². The first-order valence-corrected chi connectivity index (χ1v) is 12.0. The molecule has 11 heteroatoms. The van der Waals surface area contributed by atoms with E-state index in [1.165, 1.54) is 12.1 Å². The second kappa shape index (κ2) is 10.3. The van der Waals surface area contributed by atoms with E-state index in [9.17, 15) is 14.3 Å². The summed E-state index contributed by atoms with van der Waals surface area (Å²) in [5, 5.41) is 17.5. The van der Waals surface area contributed by atoms with E-state index in [0.29, 0.717) is 40.8 Å². The number of fused-ring (bicyclic) bond motifs is 1. The van der Waals surface area contributed by atoms with Crippen LogP contribution in [0, 0.1) is 5.82 Å². The predicted octanol–water partition coefficient (Wildman–Crippen LogP) is 3.98. The third-order valence-corrected chi connectivity index (χ3v) is 6.81. The van der Waals surface area contributed by atoms with Crippen molar-refractivity contribution < 1.29 is 19.0 Å². The van der Waals surface area contributed by atoms with E-state index in [4.69, 9.17) is 16.3 Å². The highest BCUT2D eigenvalue weighted by Gasteiger charge is 2.33. The number of benzene rings is 1. The Morgan fingerprint density at radius 1 is 1.24 bits per heavy atom. The van der Waals surface area contributed by atoms with Gasteiger partial charge in [0.15, 0.2) is 0 Å². The number of rotatable bonds is 8. The lowest BCUT2D eigenvalue weighted by atomic mass is 10.0. The predicted molar refractivity (Wildman–Crippen MR) is 137 cm³/mol. The third-order valence-electron chi connectivity index (χ3n) is 6.51. The fourth-order valence-electron chi connectivity index (χ4n) is 4.60. The topological polar surface area (TPSA) is 97.4 Å². The molecule has 37 heavy (non-hydrogen) atoms. The molecule has 0 unspecified atom stereocenters. The monoisotopic (exact) mass is 524 g/mol. The molecule has 1 aliphatic heterocycles. The highest BCUT2D eigenvalue weighted by Crippen LogP contribution is 2.34. The van der Waals surface area contributed by atoms with Gasteiger partial charge in [-0.2, -0.15) is 5.10 Å². The van der Waals surface area contributed by atoms with Crippen LogP contribution in [0.5, 0.6) is 0 Å². The van der Waals surface area contributed by atoms with Crippen molar-refractivity contribution in [2.45, 2.75) is 25.7 Å². The molecule has 0 spiro atoms. The lowest BCUT2D eigenvalue weighted by Crippen LogP contribution is -2.49. The molecule has 1 atom stereocenters. The average molecular weight is 525 g/mol. The molecule has 4 aromatic rings. The van der Waals surface area contributed by atoms with Gasteiger partial charge in [-0.25, -0.2) is 9.37 Å². The molecule has 2 N–H and O–H groups in total. The van der Waals surface area contributed by atoms with Gasteiger partial charge < -0.3 is 24.6 Å². The van der Waals surface area contributed by atoms with Crippen molar-refractivity contribution in [3.63, 3.8) is 0 Å². The van der Waals surface area contributed by atoms with Crippen molar-refractivity contribution in [1.82, 2.24) is 24.2 Å². The molecule has 9 nitrogen and oxygen atoms in total. The number of hydrogen-bond donors (Lipinski definition) is 2. The molecule has 4 heterocycles. The minimum absolute atomic E-state index is 0.189. The number of hydrogen-bond acceptors (Lipinski definition) is 6. The number of carbonyl (C=O) groups is 1. The first-order chi connectivity index (χ1) is 17.9. The summed E-state index contributed by atoms with van der Waals surface area (Å²) < 4.78 is 22.7. The number of carbonyl (C=O) groups excluding carboxylic acids is 1. The summed E-state index contributed by atoms with van der Waals surface area (Å²) in [5.41, 5.74) is 3.14. The first-order valence-electron chi connectivity index (χ1n) is 11.7. The number of aliphatic hydroxyl groups is 1. The van der Waals surface area contributed by atoms with E-state index < -0.39 is 5.82 Å². The summed E-state index contributed by atoms with van der Waals surface area (Å²) >= 11 is 6.52. The number of anilines is 2. The summed E-state index contributed by atoms with van der Waals surface area (Å²) in [6.45, 7) is 0.731. The number of pyridine rings is 1. The van der Waals surface area contributed by atoms with Crippen LogP contribution in [0.25, 0.3) is 11.1 Å². The molecular formula is C26H26ClFN6O3. The number of nitrogens with zero attached hydrogens (tertiary/aromatic N) is 5. The molecular weight excluding hydrogens is 499 g/mol. The molecule has 192 valence electrons. The Kier molecular flexibility index (Phi) is 6.96. The lowest BCUT2D eigenvalue weighted by molar-refractivity contribution is 0.0386. The molecule has 1 aliphatic rings. The van der Waals surface area contributed by atoms with E-state index in [-0.39, 0.29) is 25.1 Å². The number of methoxy groups -OCH3 is 1. The Morgan fingerprint density at radius 3 is 2.81 bits per heavy atom. The molecule has 0 fully saturated rings. The fraction of sp³-hybridized carbons (Fsp3) is 0.269. The molecule has 0 bridgehead atoms. The van der Waals surface area contributed by atoms with Crippen LogP contribution in [-0.2, 0) is 31.5 Å². The van der Waals surface area contributed by atoms with Crippen LogP contribution in [0.1, 0.15) is 21.6 Å². The van der Waals surface area contributed by atoms with Crippen molar-refractivity contribution in [3.05, 3.63) is 82.6 Å². The molecule has 0 aliphatic carbocycles. The van der Waals surface area contributed by atoms with Gasteiger partial charge in [0.2, 0.25) is 0 Å². The van der Waals surface area contributed by atoms with Gasteiger partial charge in [-0.3, -0.25) is 9.48 Å². The molecule has 0 saturated heterocycles. The SMILES string of the molecule is COC[C@H]1Cn2cc(-c3cc(Nc4ccnn4C)ncc3Cl)cc2C(=O)N1Cc1ccc(F)cc1CO. The Labute approximate surface area is 218 Å². The van der Waals surface area contributed by atoms with Crippen molar-refractivity contribution in [3.8, 4) is 11.1 Å². The van der Waals surface area contributed by atoms with Crippen LogP contribution in [-0.4, -0.2) is 55.0 Å². The zero-order valence-electron chi connectivity index (χ0n) is 20.4. The summed E-state index contributed by atoms with van der Waals surface area (Å²) in [6.07, 6.45) is 5.16. The highest BCUT2D eigenvalue weighted by atomic mass is 35.5. The van der Waals surface area contributed by atoms with Gasteiger partial charge in [0.25, 0.3) is 5.91 Å². The minimum atomic E-state index is -0.434. The van der Waals surface area contributed by atoms with Gasteiger partial charge >= 0.3 is 0 Å². The van der Waals surface area contributed by atoms with Crippen LogP contribution >= 0.6 is 11.6 Å². The van der Waals surface area contributed by atoms with E-state index in [1.807, 2.05) is 36.0 Å². The number of amides is 1. The largest absolute Gasteiger partial charge is 0.392 e. The second-order valence-electron chi connectivity index (χ2n) is 8.89. The zero-order chi connectivity index (χ0) is 26.1. The number of aryl methyl sites for hydroxylation is 1. The number of halogens is 2. The van der Waals surface area contributed by atoms with Crippen LogP contribution in [0.2, 0.25) is 5.02 Å². The number of nitrogens with one attached hydrogen (secondary N) is 1. The highest BCUT2D eigenvalue weighted by molar-refractivity contribution is 6.33. The van der Waals surface area contributed by atoms with E-state index in [2.05, 4.69) is 15.4 Å². The third kappa shape index (κ3) is 4.95. The Bertz CT molecular complexity index is 1450. The standard InChI is InChI=1S/C26H26ClFN6O3/c1-32-25(5-6-30-32)31-24-9-21(22(27)10-29-24)17-8-23-26(36)34(20(15-37-2)13-33(23)11-17)12-16-3-4-19(28)7-18(16)14-35/h3-11,20,35H,12-15H2,1-2H3,(H,29,31)/t20-/m1/s1. The summed E-state index contributed by atoms with van der Waals surface area (Å²) in [6, 6.07) is 9.44. The summed E-state index contributed by atoms with van der Waals surface area (Å²) in [7, 11) is 3.41. The van der Waals surface area contributed by atoms with Crippen LogP contribution in [0.15, 0.2) is 55.0 Å². The quantitative estimate of drug-likeness (QED) is 0.362. The summed E-state index contributed by atoms with van der Waals surface area (Å²) in [4.78, 5) is 19.7. The average Bonchev–Trinajstić information content (AvgIpc) is 3.49. The molecule has 3 aromatic heterocycles. The maximum atomic E-state index is 13.7. The fourth-order valence-corrected chi connectivity index (χ4v) is 4.81. The van der Waals surface area contributed by atoms with E-state index in [0.717, 1.165) is 16.9 Å². The molecule has 5 rings (SSSR count). The normalized spacial score (nSPS) is 15.2. The van der Waals surface area contributed by atoms with Crippen molar-refractivity contribution >= 4 is 29.1 Å². The minimum Gasteiger partial charge on any atom is -0.392 e. The Hall–Kier alpha value is -3.73. The smallest absolute Gasteiger partial charge is 0.271 e. The molecule has 1 aromatic carbocycles. The number of ether oxygens (including phenoxy) is 1. The molecule has 1 amide bonds. The van der Waals surface area contributed by atoms with Crippen LogP contribution in [0.4, 0.5) is 16.0 Å². The van der Waals surface area contributed by atoms with Gasteiger partial charge in [0.1, 0.15) is 23.1 Å². The van der Waals surface area contributed by atoms with E-state index >= 15 is 0 Å². The van der Waals surface area contributed by atoms with Gasteiger partial charge in [-0.15, -0.1) is 0 Å². The maximum absolute atomic E-state index is 13.7. The van der Waals surface area contributed by atoms with Crippen molar-refractivity contribution in [1.29, 1.82) is 0 Å². The second-order valence-corrected chi connectivity index (χ2v) is 9.30. The van der Waals surface area contributed by atoms with Gasteiger partial charge in [-0.1, -0.05) is 17.7 Å². The maximum Gasteiger partial charge on any atom is 0.271 e. The van der Waals surface area contributed by atoms with Gasteiger partial charge in [0, 0.05) is 56.8 Å². The Morgan fingerprint density at radius 2 is 2.08 bits per heavy atom.